The second-order valence-corrected chi connectivity index (χ2v) is 4.96. The summed E-state index contributed by atoms with van der Waals surface area (Å²) in [6, 6.07) is 0. The minimum absolute atomic E-state index is 0.514. The normalized spacial score (nSPS) is 17.1. The number of nitrogens with one attached hydrogen (secondary N) is 2. The van der Waals surface area contributed by atoms with Crippen molar-refractivity contribution >= 4 is 5.95 Å². The van der Waals surface area contributed by atoms with Gasteiger partial charge in [-0.15, -0.1) is 5.10 Å². The lowest BCUT2D eigenvalue weighted by Crippen LogP contribution is -2.37. The fraction of sp³-hybridized carbons (Fsp3) is 0.846. The summed E-state index contributed by atoms with van der Waals surface area (Å²) in [7, 11) is 0. The van der Waals surface area contributed by atoms with Gasteiger partial charge in [-0.25, -0.2) is 0 Å². The number of ether oxygens (including phenoxy) is 1. The predicted octanol–water partition coefficient (Wildman–Crippen LogP) is 1.17. The molecule has 108 valence electrons. The van der Waals surface area contributed by atoms with E-state index in [1.807, 2.05) is 6.92 Å². The van der Waals surface area contributed by atoms with Crippen LogP contribution in [-0.4, -0.2) is 48.0 Å². The monoisotopic (exact) mass is 267 g/mol. The Morgan fingerprint density at radius 1 is 1.37 bits per heavy atom. The van der Waals surface area contributed by atoms with E-state index in [1.54, 1.807) is 0 Å². The summed E-state index contributed by atoms with van der Waals surface area (Å²) in [4.78, 5) is 6.74. The van der Waals surface area contributed by atoms with Crippen molar-refractivity contribution < 1.29 is 4.74 Å². The van der Waals surface area contributed by atoms with Crippen molar-refractivity contribution in [3.8, 4) is 0 Å². The fourth-order valence-corrected chi connectivity index (χ4v) is 2.38. The third kappa shape index (κ3) is 4.18. The Hall–Kier alpha value is -1.14. The summed E-state index contributed by atoms with van der Waals surface area (Å²) in [6.07, 6.45) is 2.42. The third-order valence-electron chi connectivity index (χ3n) is 3.54. The van der Waals surface area contributed by atoms with Crippen LogP contribution in [0.5, 0.6) is 0 Å². The molecule has 0 atom stereocenters. The van der Waals surface area contributed by atoms with Crippen LogP contribution in [0.25, 0.3) is 0 Å². The molecular weight excluding hydrogens is 242 g/mol. The smallest absolute Gasteiger partial charge is 0.244 e. The van der Waals surface area contributed by atoms with Crippen LogP contribution in [0.3, 0.4) is 0 Å². The molecule has 0 radical (unpaired) electrons. The van der Waals surface area contributed by atoms with E-state index in [2.05, 4.69) is 32.3 Å². The molecule has 0 amide bonds. The van der Waals surface area contributed by atoms with Crippen LogP contribution in [0.2, 0.25) is 0 Å². The molecule has 0 spiro atoms. The van der Waals surface area contributed by atoms with Crippen LogP contribution in [0.1, 0.15) is 32.5 Å². The number of nitrogens with zero attached hydrogens (tertiary/aromatic N) is 3. The highest BCUT2D eigenvalue weighted by Crippen LogP contribution is 2.20. The van der Waals surface area contributed by atoms with Crippen molar-refractivity contribution in [3.63, 3.8) is 0 Å². The van der Waals surface area contributed by atoms with E-state index in [0.717, 1.165) is 43.9 Å². The molecule has 1 aromatic heterocycles. The maximum absolute atomic E-state index is 5.32. The van der Waals surface area contributed by atoms with Crippen LogP contribution < -0.4 is 10.2 Å². The Balaban J connectivity index is 1.78. The minimum Gasteiger partial charge on any atom is -0.374 e. The SMILES string of the molecule is CCNCC1CCN(c2n[nH]c(COCC)n2)CC1. The highest BCUT2D eigenvalue weighted by Gasteiger charge is 2.21. The Morgan fingerprint density at radius 2 is 2.16 bits per heavy atom. The van der Waals surface area contributed by atoms with E-state index in [-0.39, 0.29) is 0 Å². The van der Waals surface area contributed by atoms with E-state index >= 15 is 0 Å². The molecule has 1 fully saturated rings. The lowest BCUT2D eigenvalue weighted by Gasteiger charge is -2.31. The van der Waals surface area contributed by atoms with Gasteiger partial charge in [0.1, 0.15) is 6.61 Å². The van der Waals surface area contributed by atoms with Crippen molar-refractivity contribution in [3.05, 3.63) is 5.82 Å². The maximum atomic E-state index is 5.32. The average Bonchev–Trinajstić information content (AvgIpc) is 2.92. The molecule has 0 unspecified atom stereocenters. The zero-order valence-corrected chi connectivity index (χ0v) is 12.0. The number of aromatic amines is 1. The van der Waals surface area contributed by atoms with E-state index in [0.29, 0.717) is 13.2 Å². The van der Waals surface area contributed by atoms with Gasteiger partial charge < -0.3 is 15.0 Å². The zero-order chi connectivity index (χ0) is 13.5. The summed E-state index contributed by atoms with van der Waals surface area (Å²) in [5.41, 5.74) is 0. The van der Waals surface area contributed by atoms with Gasteiger partial charge in [0.25, 0.3) is 0 Å². The van der Waals surface area contributed by atoms with Gasteiger partial charge in [0.2, 0.25) is 5.95 Å². The summed E-state index contributed by atoms with van der Waals surface area (Å²) in [5, 5.41) is 10.6. The quantitative estimate of drug-likeness (QED) is 0.776. The van der Waals surface area contributed by atoms with Gasteiger partial charge in [-0.05, 0) is 38.8 Å². The van der Waals surface area contributed by atoms with Crippen molar-refractivity contribution in [2.24, 2.45) is 5.92 Å². The first-order chi connectivity index (χ1) is 9.33. The molecule has 6 heteroatoms. The van der Waals surface area contributed by atoms with Gasteiger partial charge in [-0.3, -0.25) is 5.10 Å². The van der Waals surface area contributed by atoms with Crippen LogP contribution in [0.15, 0.2) is 0 Å². The lowest BCUT2D eigenvalue weighted by molar-refractivity contribution is 0.128. The van der Waals surface area contributed by atoms with Crippen molar-refractivity contribution in [1.29, 1.82) is 0 Å². The summed E-state index contributed by atoms with van der Waals surface area (Å²) >= 11 is 0. The van der Waals surface area contributed by atoms with E-state index in [4.69, 9.17) is 4.74 Å². The predicted molar refractivity (Wildman–Crippen MR) is 75.2 cm³/mol. The Labute approximate surface area is 114 Å². The fourth-order valence-electron chi connectivity index (χ4n) is 2.38. The van der Waals surface area contributed by atoms with Crippen molar-refractivity contribution in [2.45, 2.75) is 33.3 Å². The highest BCUT2D eigenvalue weighted by molar-refractivity contribution is 5.29. The molecule has 19 heavy (non-hydrogen) atoms. The van der Waals surface area contributed by atoms with Gasteiger partial charge in [0.05, 0.1) is 0 Å². The lowest BCUT2D eigenvalue weighted by atomic mass is 9.97. The topological polar surface area (TPSA) is 66.1 Å². The molecule has 0 aliphatic carbocycles. The van der Waals surface area contributed by atoms with Crippen LogP contribution in [0, 0.1) is 5.92 Å². The van der Waals surface area contributed by atoms with Crippen LogP contribution in [-0.2, 0) is 11.3 Å². The molecule has 1 aliphatic heterocycles. The minimum atomic E-state index is 0.514. The first-order valence-corrected chi connectivity index (χ1v) is 7.28. The number of piperidine rings is 1. The van der Waals surface area contributed by atoms with Gasteiger partial charge in [-0.2, -0.15) is 4.98 Å². The molecule has 0 bridgehead atoms. The summed E-state index contributed by atoms with van der Waals surface area (Å²) in [6.45, 7) is 9.63. The molecule has 1 aromatic rings. The summed E-state index contributed by atoms with van der Waals surface area (Å²) < 4.78 is 5.32. The number of aromatic nitrogens is 3. The number of hydrogen-bond donors (Lipinski definition) is 2. The Bertz CT molecular complexity index is 360. The molecule has 1 saturated heterocycles. The van der Waals surface area contributed by atoms with Crippen LogP contribution in [0.4, 0.5) is 5.95 Å². The van der Waals surface area contributed by atoms with E-state index in [9.17, 15) is 0 Å². The number of rotatable bonds is 7. The van der Waals surface area contributed by atoms with Gasteiger partial charge in [0.15, 0.2) is 5.82 Å². The molecule has 1 aliphatic rings. The first kappa shape index (κ1) is 14.3. The molecule has 2 heterocycles. The number of hydrogen-bond acceptors (Lipinski definition) is 5. The molecule has 2 N–H and O–H groups in total. The molecule has 6 nitrogen and oxygen atoms in total. The Kier molecular flexibility index (Phi) is 5.60. The zero-order valence-electron chi connectivity index (χ0n) is 12.0. The molecule has 0 aromatic carbocycles. The van der Waals surface area contributed by atoms with Gasteiger partial charge >= 0.3 is 0 Å². The summed E-state index contributed by atoms with van der Waals surface area (Å²) in [5.74, 6) is 2.42. The van der Waals surface area contributed by atoms with E-state index < -0.39 is 0 Å². The van der Waals surface area contributed by atoms with Gasteiger partial charge in [-0.1, -0.05) is 6.92 Å². The standard InChI is InChI=1S/C13H25N5O/c1-3-14-9-11-5-7-18(8-6-11)13-15-12(16-17-13)10-19-4-2/h11,14H,3-10H2,1-2H3,(H,15,16,17). The average molecular weight is 267 g/mol. The van der Waals surface area contributed by atoms with Crippen molar-refractivity contribution in [2.75, 3.05) is 37.7 Å². The number of anilines is 1. The second kappa shape index (κ2) is 7.45. The van der Waals surface area contributed by atoms with E-state index in [1.165, 1.54) is 12.8 Å². The first-order valence-electron chi connectivity index (χ1n) is 7.28. The largest absolute Gasteiger partial charge is 0.374 e. The second-order valence-electron chi connectivity index (χ2n) is 4.96. The van der Waals surface area contributed by atoms with Crippen molar-refractivity contribution in [1.82, 2.24) is 20.5 Å². The van der Waals surface area contributed by atoms with Crippen LogP contribution >= 0.6 is 0 Å². The molecular formula is C13H25N5O. The number of H-pyrrole nitrogens is 1. The molecule has 0 saturated carbocycles. The third-order valence-corrected chi connectivity index (χ3v) is 3.54. The maximum Gasteiger partial charge on any atom is 0.244 e. The van der Waals surface area contributed by atoms with Gasteiger partial charge in [0, 0.05) is 19.7 Å². The Morgan fingerprint density at radius 3 is 2.84 bits per heavy atom. The highest BCUT2D eigenvalue weighted by atomic mass is 16.5. The molecule has 2 rings (SSSR count).